The van der Waals surface area contributed by atoms with Gasteiger partial charge in [0.2, 0.25) is 0 Å². The Morgan fingerprint density at radius 1 is 1.13 bits per heavy atom. The number of nitrogens with one attached hydrogen (secondary N) is 2. The van der Waals surface area contributed by atoms with Gasteiger partial charge in [0.25, 0.3) is 0 Å². The zero-order valence-corrected chi connectivity index (χ0v) is 10.9. The zero-order valence-electron chi connectivity index (χ0n) is 10.9. The Hall–Kier alpha value is -0.600. The van der Waals surface area contributed by atoms with E-state index in [0.29, 0.717) is 0 Å². The lowest BCUT2D eigenvalue weighted by molar-refractivity contribution is -0.936. The van der Waals surface area contributed by atoms with E-state index in [2.05, 4.69) is 39.8 Å². The standard InChI is InChI=1S/C13H26N2/c1-6-8-13(3)12-15(5)11-10-14(4)9-7-2/h6,8H,3,7,9-12H2,1-2,4-5H3/p+2/b8-6-. The van der Waals surface area contributed by atoms with Gasteiger partial charge in [-0.2, -0.15) is 0 Å². The summed E-state index contributed by atoms with van der Waals surface area (Å²) in [4.78, 5) is 3.18. The van der Waals surface area contributed by atoms with Crippen LogP contribution in [0.3, 0.4) is 0 Å². The summed E-state index contributed by atoms with van der Waals surface area (Å²) in [6, 6.07) is 0. The van der Waals surface area contributed by atoms with Crippen LogP contribution in [-0.2, 0) is 0 Å². The Morgan fingerprint density at radius 3 is 2.27 bits per heavy atom. The van der Waals surface area contributed by atoms with Gasteiger partial charge in [-0.15, -0.1) is 0 Å². The normalized spacial score (nSPS) is 15.5. The van der Waals surface area contributed by atoms with Crippen molar-refractivity contribution in [3.63, 3.8) is 0 Å². The van der Waals surface area contributed by atoms with Gasteiger partial charge < -0.3 is 9.80 Å². The van der Waals surface area contributed by atoms with Crippen LogP contribution in [0.5, 0.6) is 0 Å². The largest absolute Gasteiger partial charge is 0.333 e. The number of likely N-dealkylation sites (N-methyl/N-ethyl adjacent to an activating group) is 2. The molecule has 2 heteroatoms. The SMILES string of the molecule is C=C(/C=C\C)C[NH+](C)CC[NH+](C)CCC. The first-order valence-electron chi connectivity index (χ1n) is 6.03. The molecule has 2 nitrogen and oxygen atoms in total. The Morgan fingerprint density at radius 2 is 1.73 bits per heavy atom. The monoisotopic (exact) mass is 212 g/mol. The summed E-state index contributed by atoms with van der Waals surface area (Å²) in [7, 11) is 4.52. The maximum Gasteiger partial charge on any atom is 0.127 e. The summed E-state index contributed by atoms with van der Waals surface area (Å²) in [5.41, 5.74) is 1.23. The molecule has 0 saturated carbocycles. The second-order valence-corrected chi connectivity index (χ2v) is 4.50. The van der Waals surface area contributed by atoms with Crippen molar-refractivity contribution in [3.05, 3.63) is 24.3 Å². The zero-order chi connectivity index (χ0) is 11.7. The second kappa shape index (κ2) is 8.69. The van der Waals surface area contributed by atoms with Gasteiger partial charge in [-0.25, -0.2) is 0 Å². The number of rotatable bonds is 8. The lowest BCUT2D eigenvalue weighted by atomic mass is 10.2. The van der Waals surface area contributed by atoms with E-state index in [1.165, 1.54) is 31.6 Å². The molecule has 2 atom stereocenters. The summed E-state index contributed by atoms with van der Waals surface area (Å²) >= 11 is 0. The van der Waals surface area contributed by atoms with E-state index in [4.69, 9.17) is 0 Å². The van der Waals surface area contributed by atoms with Crippen LogP contribution in [-0.4, -0.2) is 40.3 Å². The third kappa shape index (κ3) is 8.40. The first-order valence-corrected chi connectivity index (χ1v) is 6.03. The van der Waals surface area contributed by atoms with Crippen LogP contribution in [0.2, 0.25) is 0 Å². The fourth-order valence-corrected chi connectivity index (χ4v) is 1.75. The van der Waals surface area contributed by atoms with Crippen molar-refractivity contribution in [2.24, 2.45) is 0 Å². The minimum absolute atomic E-state index is 1.06. The van der Waals surface area contributed by atoms with Crippen LogP contribution in [0.1, 0.15) is 20.3 Å². The molecule has 0 saturated heterocycles. The predicted molar refractivity (Wildman–Crippen MR) is 67.5 cm³/mol. The third-order valence-electron chi connectivity index (χ3n) is 2.59. The Bertz CT molecular complexity index is 197. The topological polar surface area (TPSA) is 8.88 Å². The summed E-state index contributed by atoms with van der Waals surface area (Å²) in [5, 5.41) is 0. The molecule has 0 aliphatic heterocycles. The number of hydrogen-bond acceptors (Lipinski definition) is 0. The molecule has 0 spiro atoms. The highest BCUT2D eigenvalue weighted by Gasteiger charge is 2.06. The van der Waals surface area contributed by atoms with E-state index in [-0.39, 0.29) is 0 Å². The lowest BCUT2D eigenvalue weighted by Crippen LogP contribution is -3.17. The minimum atomic E-state index is 1.06. The molecular weight excluding hydrogens is 184 g/mol. The first-order chi connectivity index (χ1) is 7.10. The summed E-state index contributed by atoms with van der Waals surface area (Å²) in [5.74, 6) is 0. The smallest absolute Gasteiger partial charge is 0.127 e. The van der Waals surface area contributed by atoms with Crippen molar-refractivity contribution in [2.45, 2.75) is 20.3 Å². The van der Waals surface area contributed by atoms with Gasteiger partial charge in [0.15, 0.2) is 0 Å². The highest BCUT2D eigenvalue weighted by molar-refractivity contribution is 5.13. The highest BCUT2D eigenvalue weighted by Crippen LogP contribution is 1.86. The molecule has 2 N–H and O–H groups in total. The fourth-order valence-electron chi connectivity index (χ4n) is 1.75. The molecule has 0 radical (unpaired) electrons. The van der Waals surface area contributed by atoms with E-state index in [9.17, 15) is 0 Å². The number of allylic oxidation sites excluding steroid dienone is 1. The molecule has 15 heavy (non-hydrogen) atoms. The summed E-state index contributed by atoms with van der Waals surface area (Å²) in [6.07, 6.45) is 5.44. The molecular formula is C13H28N2+2. The lowest BCUT2D eigenvalue weighted by Gasteiger charge is -2.17. The van der Waals surface area contributed by atoms with Crippen LogP contribution in [0, 0.1) is 0 Å². The van der Waals surface area contributed by atoms with Gasteiger partial charge in [0.1, 0.15) is 19.6 Å². The highest BCUT2D eigenvalue weighted by atomic mass is 15.2. The van der Waals surface area contributed by atoms with Crippen LogP contribution < -0.4 is 9.80 Å². The summed E-state index contributed by atoms with van der Waals surface area (Å²) in [6.45, 7) is 13.1. The van der Waals surface area contributed by atoms with Crippen molar-refractivity contribution >= 4 is 0 Å². The van der Waals surface area contributed by atoms with Crippen LogP contribution in [0.4, 0.5) is 0 Å². The maximum atomic E-state index is 4.03. The van der Waals surface area contributed by atoms with E-state index < -0.39 is 0 Å². The molecule has 0 bridgehead atoms. The van der Waals surface area contributed by atoms with Crippen molar-refractivity contribution in [1.29, 1.82) is 0 Å². The molecule has 0 aromatic rings. The van der Waals surface area contributed by atoms with E-state index in [1.54, 1.807) is 9.80 Å². The molecule has 0 aromatic heterocycles. The second-order valence-electron chi connectivity index (χ2n) is 4.50. The Balaban J connectivity index is 3.65. The van der Waals surface area contributed by atoms with Gasteiger partial charge in [-0.3, -0.25) is 0 Å². The molecule has 0 aromatic carbocycles. The van der Waals surface area contributed by atoms with Crippen molar-refractivity contribution < 1.29 is 9.80 Å². The predicted octanol–water partition coefficient (Wildman–Crippen LogP) is -0.442. The molecule has 0 amide bonds. The summed E-state index contributed by atoms with van der Waals surface area (Å²) < 4.78 is 0. The maximum absolute atomic E-state index is 4.03. The van der Waals surface area contributed by atoms with Crippen LogP contribution in [0.15, 0.2) is 24.3 Å². The molecule has 0 fully saturated rings. The number of quaternary nitrogens is 2. The minimum Gasteiger partial charge on any atom is -0.333 e. The molecule has 0 aliphatic rings. The van der Waals surface area contributed by atoms with Gasteiger partial charge in [-0.05, 0) is 18.9 Å². The molecule has 0 aliphatic carbocycles. The molecule has 88 valence electrons. The average Bonchev–Trinajstić information content (AvgIpc) is 2.15. The molecule has 0 heterocycles. The quantitative estimate of drug-likeness (QED) is 0.505. The number of hydrogen-bond donors (Lipinski definition) is 2. The van der Waals surface area contributed by atoms with E-state index in [0.717, 1.165) is 6.54 Å². The van der Waals surface area contributed by atoms with E-state index >= 15 is 0 Å². The third-order valence-corrected chi connectivity index (χ3v) is 2.59. The van der Waals surface area contributed by atoms with Crippen molar-refractivity contribution in [1.82, 2.24) is 0 Å². The van der Waals surface area contributed by atoms with Crippen molar-refractivity contribution in [3.8, 4) is 0 Å². The average molecular weight is 212 g/mol. The van der Waals surface area contributed by atoms with Crippen LogP contribution >= 0.6 is 0 Å². The van der Waals surface area contributed by atoms with Gasteiger partial charge in [0, 0.05) is 0 Å². The molecule has 0 rings (SSSR count). The van der Waals surface area contributed by atoms with Gasteiger partial charge in [-0.1, -0.05) is 25.7 Å². The van der Waals surface area contributed by atoms with E-state index in [1.807, 2.05) is 6.92 Å². The molecule has 2 unspecified atom stereocenters. The van der Waals surface area contributed by atoms with Gasteiger partial charge >= 0.3 is 0 Å². The first kappa shape index (κ1) is 14.4. The van der Waals surface area contributed by atoms with Crippen molar-refractivity contribution in [2.75, 3.05) is 40.3 Å². The van der Waals surface area contributed by atoms with Gasteiger partial charge in [0.05, 0.1) is 20.6 Å². The van der Waals surface area contributed by atoms with Crippen LogP contribution in [0.25, 0.3) is 0 Å². The Kier molecular flexibility index (Phi) is 8.34. The Labute approximate surface area is 95.3 Å². The fraction of sp³-hybridized carbons (Fsp3) is 0.692.